The summed E-state index contributed by atoms with van der Waals surface area (Å²) in [6, 6.07) is 31.0. The Hall–Kier alpha value is -4.42. The highest BCUT2D eigenvalue weighted by molar-refractivity contribution is 7.33. The third kappa shape index (κ3) is 6.45. The van der Waals surface area contributed by atoms with E-state index in [1.54, 1.807) is 0 Å². The Morgan fingerprint density at radius 1 is 0.567 bits per heavy atom. The first-order valence-corrected chi connectivity index (χ1v) is 23.1. The summed E-state index contributed by atoms with van der Waals surface area (Å²) < 4.78 is 2.66. The van der Waals surface area contributed by atoms with Gasteiger partial charge in [0.15, 0.2) is 0 Å². The Balaban J connectivity index is 1.44. The van der Waals surface area contributed by atoms with Crippen molar-refractivity contribution in [2.45, 2.75) is 156 Å². The monoisotopic (exact) mass is 813 g/mol. The summed E-state index contributed by atoms with van der Waals surface area (Å²) in [5.74, 6) is 2.84. The molecule has 0 saturated carbocycles. The Bertz CT molecular complexity index is 2690. The van der Waals surface area contributed by atoms with Crippen LogP contribution in [0, 0.1) is 0 Å². The van der Waals surface area contributed by atoms with Gasteiger partial charge in [-0.05, 0) is 110 Å². The smallest absolute Gasteiger partial charge is 0.268 e. The lowest BCUT2D eigenvalue weighted by Crippen LogP contribution is -2.61. The van der Waals surface area contributed by atoms with E-state index >= 15 is 0 Å². The van der Waals surface area contributed by atoms with Crippen molar-refractivity contribution in [2.24, 2.45) is 0 Å². The molecule has 6 aromatic rings. The van der Waals surface area contributed by atoms with Crippen LogP contribution in [0.4, 0.5) is 34.4 Å². The van der Waals surface area contributed by atoms with Gasteiger partial charge < -0.3 is 0 Å². The zero-order valence-corrected chi connectivity index (χ0v) is 40.0. The molecule has 2 aliphatic heterocycles. The molecule has 3 aliphatic rings. The lowest BCUT2D eigenvalue weighted by atomic mass is 9.36. The molecule has 4 aromatic carbocycles. The average Bonchev–Trinajstić information content (AvgIpc) is 3.53. The molecular formula is C54H65BN4S. The minimum Gasteiger partial charge on any atom is -0.296 e. The highest BCUT2D eigenvalue weighted by Gasteiger charge is 2.48. The summed E-state index contributed by atoms with van der Waals surface area (Å²) in [6.07, 6.45) is 2.35. The van der Waals surface area contributed by atoms with E-state index < -0.39 is 0 Å². The summed E-state index contributed by atoms with van der Waals surface area (Å²) in [4.78, 5) is 16.6. The largest absolute Gasteiger partial charge is 0.296 e. The molecule has 0 unspecified atom stereocenters. The molecule has 0 bridgehead atoms. The molecular weight excluding hydrogens is 748 g/mol. The van der Waals surface area contributed by atoms with Crippen LogP contribution in [0.3, 0.4) is 0 Å². The number of benzene rings is 4. The van der Waals surface area contributed by atoms with Gasteiger partial charge in [-0.1, -0.05) is 153 Å². The lowest BCUT2D eigenvalue weighted by Gasteiger charge is -2.44. The number of hydrogen-bond donors (Lipinski definition) is 0. The normalized spacial score (nSPS) is 17.0. The fourth-order valence-corrected chi connectivity index (χ4v) is 11.1. The topological polar surface area (TPSA) is 32.3 Å². The molecule has 0 saturated heterocycles. The van der Waals surface area contributed by atoms with Gasteiger partial charge in [0, 0.05) is 42.8 Å². The Morgan fingerprint density at radius 3 is 1.75 bits per heavy atom. The standard InChI is InChI=1S/C54H65BN4S/c1-49(2,3)32-21-24-40-41(30-32)58(36-28-33(50(4,5)6)27-34(29-36)51(7,8)9)46-43-47(57-48(56-46)52(10,11)12)59(44-37-19-17-18-20-42(37)60-45(44)55(40)43)35-22-23-38-39(31-35)54(15,16)26-25-53(38,13)14/h17-24,27-31H,25-26H2,1-16H3. The molecule has 4 nitrogen and oxygen atoms in total. The number of fused-ring (bicyclic) bond motifs is 7. The number of anilines is 6. The molecule has 4 heterocycles. The second-order valence-corrected chi connectivity index (χ2v) is 24.6. The van der Waals surface area contributed by atoms with E-state index in [4.69, 9.17) is 9.97 Å². The molecule has 9 rings (SSSR count). The van der Waals surface area contributed by atoms with Gasteiger partial charge in [0.05, 0.1) is 5.69 Å². The van der Waals surface area contributed by atoms with E-state index in [9.17, 15) is 0 Å². The van der Waals surface area contributed by atoms with Crippen molar-refractivity contribution in [2.75, 3.05) is 9.80 Å². The third-order valence-electron chi connectivity index (χ3n) is 13.8. The van der Waals surface area contributed by atoms with Crippen LogP contribution in [0.25, 0.3) is 10.1 Å². The van der Waals surface area contributed by atoms with E-state index in [-0.39, 0.29) is 39.2 Å². The van der Waals surface area contributed by atoms with Crippen LogP contribution in [0.2, 0.25) is 0 Å². The minimum atomic E-state index is -0.311. The summed E-state index contributed by atoms with van der Waals surface area (Å²) >= 11 is 1.94. The van der Waals surface area contributed by atoms with Gasteiger partial charge in [-0.25, -0.2) is 9.97 Å². The van der Waals surface area contributed by atoms with Crippen LogP contribution >= 0.6 is 11.3 Å². The van der Waals surface area contributed by atoms with Gasteiger partial charge in [0.1, 0.15) is 17.5 Å². The summed E-state index contributed by atoms with van der Waals surface area (Å²) in [6.45, 7) is 37.5. The number of aromatic nitrogens is 2. The van der Waals surface area contributed by atoms with E-state index in [1.807, 2.05) is 11.3 Å². The van der Waals surface area contributed by atoms with Crippen molar-refractivity contribution in [3.63, 3.8) is 0 Å². The second-order valence-electron chi connectivity index (χ2n) is 23.6. The highest BCUT2D eigenvalue weighted by atomic mass is 32.1. The van der Waals surface area contributed by atoms with Crippen molar-refractivity contribution in [3.05, 3.63) is 113 Å². The zero-order chi connectivity index (χ0) is 43.3. The fourth-order valence-electron chi connectivity index (χ4n) is 9.79. The first-order chi connectivity index (χ1) is 27.8. The van der Waals surface area contributed by atoms with Crippen molar-refractivity contribution in [1.82, 2.24) is 9.97 Å². The van der Waals surface area contributed by atoms with Gasteiger partial charge in [-0.3, -0.25) is 9.80 Å². The Morgan fingerprint density at radius 2 is 1.15 bits per heavy atom. The Labute approximate surface area is 365 Å². The SMILES string of the molecule is CC(C)(C)c1cc(N2c3cc(C(C)(C)C)ccc3B3c4sc5ccccc5c4N(c4ccc5c(c4)C(C)(C)CCC5(C)C)c4nc(C(C)(C)C)nc2c43)cc(C(C)(C)C)c1. The quantitative estimate of drug-likeness (QED) is 0.163. The molecule has 2 aromatic heterocycles. The molecule has 0 amide bonds. The maximum atomic E-state index is 5.77. The van der Waals surface area contributed by atoms with Crippen LogP contribution in [0.5, 0.6) is 0 Å². The first-order valence-electron chi connectivity index (χ1n) is 22.3. The van der Waals surface area contributed by atoms with Gasteiger partial charge in [0.25, 0.3) is 6.71 Å². The summed E-state index contributed by atoms with van der Waals surface area (Å²) in [5.41, 5.74) is 13.9. The molecule has 1 aliphatic carbocycles. The molecule has 0 radical (unpaired) electrons. The lowest BCUT2D eigenvalue weighted by molar-refractivity contribution is 0.332. The van der Waals surface area contributed by atoms with Crippen molar-refractivity contribution in [1.29, 1.82) is 0 Å². The molecule has 310 valence electrons. The van der Waals surface area contributed by atoms with E-state index in [0.717, 1.165) is 29.6 Å². The molecule has 0 atom stereocenters. The first kappa shape index (κ1) is 41.0. The van der Waals surface area contributed by atoms with Crippen molar-refractivity contribution in [3.8, 4) is 0 Å². The maximum Gasteiger partial charge on any atom is 0.268 e. The van der Waals surface area contributed by atoms with Gasteiger partial charge in [-0.2, -0.15) is 0 Å². The molecule has 0 N–H and O–H groups in total. The molecule has 0 spiro atoms. The predicted octanol–water partition coefficient (Wildman–Crippen LogP) is 13.3. The van der Waals surface area contributed by atoms with Crippen LogP contribution in [0.15, 0.2) is 78.9 Å². The van der Waals surface area contributed by atoms with E-state index in [2.05, 4.69) is 199 Å². The van der Waals surface area contributed by atoms with Crippen LogP contribution < -0.4 is 25.5 Å². The van der Waals surface area contributed by atoms with Crippen molar-refractivity contribution < 1.29 is 0 Å². The minimum absolute atomic E-state index is 0.0335. The second kappa shape index (κ2) is 13.1. The van der Waals surface area contributed by atoms with E-state index in [0.29, 0.717) is 0 Å². The third-order valence-corrected chi connectivity index (χ3v) is 15.0. The maximum absolute atomic E-state index is 5.77. The molecule has 6 heteroatoms. The Kier molecular flexibility index (Phi) is 8.91. The molecule has 60 heavy (non-hydrogen) atoms. The number of thiophene rings is 1. The van der Waals surface area contributed by atoms with Crippen LogP contribution in [-0.2, 0) is 32.5 Å². The highest BCUT2D eigenvalue weighted by Crippen LogP contribution is 2.51. The van der Waals surface area contributed by atoms with Crippen molar-refractivity contribution >= 4 is 78.2 Å². The predicted molar refractivity (Wildman–Crippen MR) is 262 cm³/mol. The summed E-state index contributed by atoms with van der Waals surface area (Å²) in [5, 5.41) is 1.28. The number of rotatable bonds is 2. The summed E-state index contributed by atoms with van der Waals surface area (Å²) in [7, 11) is 0. The van der Waals surface area contributed by atoms with Gasteiger partial charge in [-0.15, -0.1) is 11.3 Å². The molecule has 0 fully saturated rings. The number of hydrogen-bond acceptors (Lipinski definition) is 5. The van der Waals surface area contributed by atoms with E-state index in [1.165, 1.54) is 77.1 Å². The van der Waals surface area contributed by atoms with Gasteiger partial charge >= 0.3 is 0 Å². The van der Waals surface area contributed by atoms with Crippen LogP contribution in [-0.4, -0.2) is 16.7 Å². The van der Waals surface area contributed by atoms with Crippen LogP contribution in [0.1, 0.15) is 157 Å². The fraction of sp³-hybridized carbons (Fsp3) is 0.444. The zero-order valence-electron chi connectivity index (χ0n) is 39.2. The number of nitrogens with zero attached hydrogens (tertiary/aromatic N) is 4. The average molecular weight is 813 g/mol. The van der Waals surface area contributed by atoms with Gasteiger partial charge in [0.2, 0.25) is 0 Å².